The van der Waals surface area contributed by atoms with E-state index < -0.39 is 23.7 Å². The molecule has 2 aliphatic heterocycles. The number of aryl methyl sites for hydroxylation is 1. The smallest absolute Gasteiger partial charge is 0.241 e. The highest BCUT2D eigenvalue weighted by Gasteiger charge is 2.48. The number of ether oxygens (including phenoxy) is 1. The zero-order valence-electron chi connectivity index (χ0n) is 20.3. The molecule has 0 saturated carbocycles. The summed E-state index contributed by atoms with van der Waals surface area (Å²) in [6.07, 6.45) is 10.7. The summed E-state index contributed by atoms with van der Waals surface area (Å²) in [5.74, 6) is -1.95. The van der Waals surface area contributed by atoms with Crippen LogP contribution in [0.3, 0.4) is 0 Å². The van der Waals surface area contributed by atoms with Gasteiger partial charge in [-0.25, -0.2) is 4.90 Å². The molecule has 4 aliphatic rings. The summed E-state index contributed by atoms with van der Waals surface area (Å²) in [5.41, 5.74) is 3.15. The van der Waals surface area contributed by atoms with Crippen LogP contribution in [0.2, 0.25) is 0 Å². The summed E-state index contributed by atoms with van der Waals surface area (Å²) in [6, 6.07) is 14.6. The molecule has 37 heavy (non-hydrogen) atoms. The lowest BCUT2D eigenvalue weighted by molar-refractivity contribution is -0.137. The standard InChI is InChI=1S/C30H24N2O5/c1-17-3-9-21(10-4-17)37-22-11-7-20(8-12-22)32-29(35)24-14-6-19(16-26(24)30(32)36)18-5-13-23-25(15-18)28(34)31(2)27(23)33/h3-16,23-26H,1-2H3. The Labute approximate surface area is 214 Å². The minimum Gasteiger partial charge on any atom is -0.457 e. The van der Waals surface area contributed by atoms with Crippen molar-refractivity contribution in [3.63, 3.8) is 0 Å². The maximum atomic E-state index is 13.4. The van der Waals surface area contributed by atoms with Gasteiger partial charge in [-0.3, -0.25) is 24.1 Å². The first-order valence-corrected chi connectivity index (χ1v) is 12.2. The number of benzene rings is 2. The first-order valence-electron chi connectivity index (χ1n) is 12.2. The summed E-state index contributed by atoms with van der Waals surface area (Å²) < 4.78 is 5.86. The average molecular weight is 493 g/mol. The predicted molar refractivity (Wildman–Crippen MR) is 136 cm³/mol. The predicted octanol–water partition coefficient (Wildman–Crippen LogP) is 4.12. The number of amides is 4. The van der Waals surface area contributed by atoms with Crippen LogP contribution in [0.5, 0.6) is 11.5 Å². The summed E-state index contributed by atoms with van der Waals surface area (Å²) >= 11 is 0. The number of carbonyl (C=O) groups excluding carboxylic acids is 4. The van der Waals surface area contributed by atoms with Gasteiger partial charge in [-0.2, -0.15) is 0 Å². The van der Waals surface area contributed by atoms with Crippen molar-refractivity contribution in [3.05, 3.63) is 102 Å². The van der Waals surface area contributed by atoms with Gasteiger partial charge in [0.05, 0.1) is 29.4 Å². The van der Waals surface area contributed by atoms with Gasteiger partial charge in [-0.15, -0.1) is 0 Å². The lowest BCUT2D eigenvalue weighted by atomic mass is 9.81. The number of nitrogens with zero attached hydrogens (tertiary/aromatic N) is 2. The average Bonchev–Trinajstić information content (AvgIpc) is 3.29. The molecule has 2 heterocycles. The fourth-order valence-corrected chi connectivity index (χ4v) is 5.29. The van der Waals surface area contributed by atoms with Gasteiger partial charge in [0.1, 0.15) is 11.5 Å². The van der Waals surface area contributed by atoms with Crippen molar-refractivity contribution >= 4 is 29.3 Å². The fraction of sp³-hybridized carbons (Fsp3) is 0.200. The zero-order chi connectivity index (χ0) is 25.8. The van der Waals surface area contributed by atoms with Gasteiger partial charge in [-0.05, 0) is 54.5 Å². The lowest BCUT2D eigenvalue weighted by Crippen LogP contribution is -2.30. The van der Waals surface area contributed by atoms with Gasteiger partial charge < -0.3 is 4.74 Å². The highest BCUT2D eigenvalue weighted by Crippen LogP contribution is 2.40. The Morgan fingerprint density at radius 1 is 0.622 bits per heavy atom. The SMILES string of the molecule is Cc1ccc(Oc2ccc(N3C(=O)C4C=CC(C5=CC6C(=O)N(C)C(=O)C6C=C5)=CC4C3=O)cc2)cc1. The number of carbonyl (C=O) groups is 4. The zero-order valence-corrected chi connectivity index (χ0v) is 20.3. The van der Waals surface area contributed by atoms with E-state index in [0.717, 1.165) is 21.6 Å². The van der Waals surface area contributed by atoms with E-state index in [1.54, 1.807) is 48.6 Å². The third-order valence-corrected chi connectivity index (χ3v) is 7.39. The van der Waals surface area contributed by atoms with Crippen LogP contribution >= 0.6 is 0 Å². The van der Waals surface area contributed by atoms with Crippen LogP contribution < -0.4 is 9.64 Å². The van der Waals surface area contributed by atoms with Gasteiger partial charge in [0.2, 0.25) is 23.6 Å². The number of likely N-dealkylation sites (tertiary alicyclic amines) is 1. The van der Waals surface area contributed by atoms with Gasteiger partial charge >= 0.3 is 0 Å². The molecule has 2 aromatic carbocycles. The normalized spacial score (nSPS) is 26.3. The van der Waals surface area contributed by atoms with Crippen molar-refractivity contribution in [2.24, 2.45) is 23.7 Å². The molecule has 2 fully saturated rings. The molecule has 0 aromatic heterocycles. The summed E-state index contributed by atoms with van der Waals surface area (Å²) in [7, 11) is 1.49. The van der Waals surface area contributed by atoms with E-state index in [-0.39, 0.29) is 23.6 Å². The van der Waals surface area contributed by atoms with E-state index in [2.05, 4.69) is 0 Å². The van der Waals surface area contributed by atoms with E-state index in [9.17, 15) is 19.2 Å². The highest BCUT2D eigenvalue weighted by atomic mass is 16.5. The summed E-state index contributed by atoms with van der Waals surface area (Å²) in [4.78, 5) is 53.7. The van der Waals surface area contributed by atoms with Crippen molar-refractivity contribution in [3.8, 4) is 11.5 Å². The Bertz CT molecular complexity index is 1460. The number of fused-ring (bicyclic) bond motifs is 2. The van der Waals surface area contributed by atoms with Crippen LogP contribution in [0.15, 0.2) is 96.1 Å². The fourth-order valence-electron chi connectivity index (χ4n) is 5.29. The third kappa shape index (κ3) is 3.74. The molecular weight excluding hydrogens is 468 g/mol. The highest BCUT2D eigenvalue weighted by molar-refractivity contribution is 6.23. The lowest BCUT2D eigenvalue weighted by Gasteiger charge is -2.20. The van der Waals surface area contributed by atoms with Crippen LogP contribution in [-0.2, 0) is 19.2 Å². The monoisotopic (exact) mass is 492 g/mol. The van der Waals surface area contributed by atoms with Crippen LogP contribution in [0, 0.1) is 30.6 Å². The summed E-state index contributed by atoms with van der Waals surface area (Å²) in [5, 5.41) is 0. The second-order valence-electron chi connectivity index (χ2n) is 9.72. The second-order valence-corrected chi connectivity index (χ2v) is 9.72. The van der Waals surface area contributed by atoms with Crippen molar-refractivity contribution in [1.29, 1.82) is 0 Å². The maximum Gasteiger partial charge on any atom is 0.241 e. The van der Waals surface area contributed by atoms with Crippen molar-refractivity contribution in [2.45, 2.75) is 6.92 Å². The molecule has 4 amide bonds. The van der Waals surface area contributed by atoms with E-state index >= 15 is 0 Å². The minimum atomic E-state index is -0.633. The molecule has 2 saturated heterocycles. The Morgan fingerprint density at radius 3 is 1.68 bits per heavy atom. The molecule has 0 bridgehead atoms. The molecule has 6 rings (SSSR count). The number of imide groups is 2. The van der Waals surface area contributed by atoms with E-state index in [0.29, 0.717) is 17.2 Å². The summed E-state index contributed by atoms with van der Waals surface area (Å²) in [6.45, 7) is 2.00. The number of rotatable bonds is 4. The first-order chi connectivity index (χ1) is 17.8. The van der Waals surface area contributed by atoms with E-state index in [1.807, 2.05) is 43.3 Å². The van der Waals surface area contributed by atoms with Crippen molar-refractivity contribution < 1.29 is 23.9 Å². The van der Waals surface area contributed by atoms with Crippen LogP contribution in [0.25, 0.3) is 0 Å². The van der Waals surface area contributed by atoms with Crippen molar-refractivity contribution in [1.82, 2.24) is 4.90 Å². The Hall–Kier alpha value is -4.52. The number of allylic oxidation sites excluding steroid dienone is 4. The van der Waals surface area contributed by atoms with E-state index in [1.165, 1.54) is 11.9 Å². The molecule has 4 atom stereocenters. The molecule has 0 spiro atoms. The Balaban J connectivity index is 1.22. The molecular formula is C30H24N2O5. The second kappa shape index (κ2) is 8.55. The Kier molecular flexibility index (Phi) is 5.30. The molecule has 2 aliphatic carbocycles. The van der Waals surface area contributed by atoms with Gasteiger partial charge in [0.25, 0.3) is 0 Å². The molecule has 0 N–H and O–H groups in total. The van der Waals surface area contributed by atoms with Gasteiger partial charge in [0, 0.05) is 7.05 Å². The quantitative estimate of drug-likeness (QED) is 0.600. The Morgan fingerprint density at radius 2 is 1.08 bits per heavy atom. The van der Waals surface area contributed by atoms with Crippen LogP contribution in [0.4, 0.5) is 5.69 Å². The minimum absolute atomic E-state index is 0.211. The van der Waals surface area contributed by atoms with E-state index in [4.69, 9.17) is 4.74 Å². The first kappa shape index (κ1) is 22.9. The topological polar surface area (TPSA) is 84.0 Å². The maximum absolute atomic E-state index is 13.4. The third-order valence-electron chi connectivity index (χ3n) is 7.39. The van der Waals surface area contributed by atoms with Crippen molar-refractivity contribution in [2.75, 3.05) is 11.9 Å². The molecule has 2 aromatic rings. The molecule has 184 valence electrons. The molecule has 0 radical (unpaired) electrons. The van der Waals surface area contributed by atoms with Gasteiger partial charge in [0.15, 0.2) is 0 Å². The number of anilines is 1. The largest absolute Gasteiger partial charge is 0.457 e. The number of hydrogen-bond donors (Lipinski definition) is 0. The molecule has 4 unspecified atom stereocenters. The number of hydrogen-bond acceptors (Lipinski definition) is 5. The van der Waals surface area contributed by atoms with Crippen LogP contribution in [-0.4, -0.2) is 35.6 Å². The van der Waals surface area contributed by atoms with Gasteiger partial charge in [-0.1, -0.05) is 54.2 Å². The van der Waals surface area contributed by atoms with Crippen LogP contribution in [0.1, 0.15) is 5.56 Å². The molecule has 7 nitrogen and oxygen atoms in total. The molecule has 7 heteroatoms.